The van der Waals surface area contributed by atoms with Crippen molar-refractivity contribution >= 4 is 11.6 Å². The number of aromatic nitrogens is 2. The van der Waals surface area contributed by atoms with Gasteiger partial charge in [-0.2, -0.15) is 0 Å². The predicted molar refractivity (Wildman–Crippen MR) is 80.3 cm³/mol. The van der Waals surface area contributed by atoms with Crippen LogP contribution in [0.3, 0.4) is 0 Å². The number of nitrogen functional groups attached to an aromatic ring is 1. The molecule has 0 bridgehead atoms. The topological polar surface area (TPSA) is 55.0 Å². The second kappa shape index (κ2) is 4.99. The lowest BCUT2D eigenvalue weighted by molar-refractivity contribution is 0.263. The van der Waals surface area contributed by atoms with Crippen LogP contribution in [0.5, 0.6) is 0 Å². The second-order valence-corrected chi connectivity index (χ2v) is 6.62. The molecule has 2 heterocycles. The molecule has 4 nitrogen and oxygen atoms in total. The first-order chi connectivity index (χ1) is 8.82. The van der Waals surface area contributed by atoms with Crippen molar-refractivity contribution in [1.82, 2.24) is 9.97 Å². The van der Waals surface area contributed by atoms with E-state index in [1.165, 1.54) is 6.42 Å². The van der Waals surface area contributed by atoms with Crippen molar-refractivity contribution in [3.05, 3.63) is 11.4 Å². The lowest BCUT2D eigenvalue weighted by Crippen LogP contribution is -2.27. The van der Waals surface area contributed by atoms with Gasteiger partial charge in [0.15, 0.2) is 0 Å². The van der Waals surface area contributed by atoms with Crippen molar-refractivity contribution in [3.63, 3.8) is 0 Å². The summed E-state index contributed by atoms with van der Waals surface area (Å²) in [5, 5.41) is 0. The zero-order valence-corrected chi connectivity index (χ0v) is 12.8. The summed E-state index contributed by atoms with van der Waals surface area (Å²) in [5.41, 5.74) is 7.38. The molecule has 4 heteroatoms. The molecule has 1 atom stereocenters. The Hall–Kier alpha value is -1.32. The molecule has 2 N–H and O–H groups in total. The van der Waals surface area contributed by atoms with E-state index in [2.05, 4.69) is 42.6 Å². The molecular formula is C15H26N4. The number of hydrogen-bond donors (Lipinski definition) is 1. The van der Waals surface area contributed by atoms with Crippen molar-refractivity contribution in [2.45, 2.75) is 47.5 Å². The molecule has 0 radical (unpaired) electrons. The van der Waals surface area contributed by atoms with E-state index in [0.29, 0.717) is 17.2 Å². The standard InChI is InChI=1S/C15H26N4/c1-6-12-17-13(16)10(2)14(18-12)19-8-7-11(9-19)15(3,4)5/h11H,6-9H2,1-5H3,(H2,16,17,18). The van der Waals surface area contributed by atoms with Crippen LogP contribution in [0.1, 0.15) is 45.5 Å². The summed E-state index contributed by atoms with van der Waals surface area (Å²) in [4.78, 5) is 11.4. The van der Waals surface area contributed by atoms with Crippen LogP contribution in [0.2, 0.25) is 0 Å². The Kier molecular flexibility index (Phi) is 3.70. The van der Waals surface area contributed by atoms with Crippen LogP contribution in [0, 0.1) is 18.3 Å². The summed E-state index contributed by atoms with van der Waals surface area (Å²) in [7, 11) is 0. The van der Waals surface area contributed by atoms with E-state index in [0.717, 1.165) is 36.7 Å². The van der Waals surface area contributed by atoms with Gasteiger partial charge in [-0.05, 0) is 24.7 Å². The molecule has 2 rings (SSSR count). The van der Waals surface area contributed by atoms with E-state index in [1.54, 1.807) is 0 Å². The monoisotopic (exact) mass is 262 g/mol. The van der Waals surface area contributed by atoms with Crippen molar-refractivity contribution in [3.8, 4) is 0 Å². The quantitative estimate of drug-likeness (QED) is 0.890. The molecule has 0 aliphatic carbocycles. The number of hydrogen-bond acceptors (Lipinski definition) is 4. The summed E-state index contributed by atoms with van der Waals surface area (Å²) in [6.45, 7) is 13.2. The Balaban J connectivity index is 2.26. The fraction of sp³-hybridized carbons (Fsp3) is 0.733. The van der Waals surface area contributed by atoms with E-state index >= 15 is 0 Å². The van der Waals surface area contributed by atoms with Crippen molar-refractivity contribution in [2.24, 2.45) is 11.3 Å². The number of nitrogens with zero attached hydrogens (tertiary/aromatic N) is 3. The van der Waals surface area contributed by atoms with Gasteiger partial charge >= 0.3 is 0 Å². The van der Waals surface area contributed by atoms with Gasteiger partial charge in [-0.3, -0.25) is 0 Å². The van der Waals surface area contributed by atoms with Crippen LogP contribution < -0.4 is 10.6 Å². The largest absolute Gasteiger partial charge is 0.383 e. The lowest BCUT2D eigenvalue weighted by atomic mass is 9.80. The molecule has 1 aromatic heterocycles. The molecule has 1 unspecified atom stereocenters. The number of nitrogens with two attached hydrogens (primary N) is 1. The Labute approximate surface area is 116 Å². The predicted octanol–water partition coefficient (Wildman–Crippen LogP) is 2.80. The number of aryl methyl sites for hydroxylation is 1. The van der Waals surface area contributed by atoms with Gasteiger partial charge in [-0.25, -0.2) is 9.97 Å². The maximum absolute atomic E-state index is 6.01. The van der Waals surface area contributed by atoms with Crippen LogP contribution in [0.4, 0.5) is 11.6 Å². The molecule has 1 aliphatic rings. The maximum atomic E-state index is 6.01. The summed E-state index contributed by atoms with van der Waals surface area (Å²) < 4.78 is 0. The Morgan fingerprint density at radius 2 is 2.00 bits per heavy atom. The highest BCUT2D eigenvalue weighted by Gasteiger charge is 2.33. The van der Waals surface area contributed by atoms with Crippen LogP contribution in [-0.2, 0) is 6.42 Å². The molecule has 1 saturated heterocycles. The minimum Gasteiger partial charge on any atom is -0.383 e. The molecule has 1 fully saturated rings. The highest BCUT2D eigenvalue weighted by molar-refractivity contribution is 5.57. The summed E-state index contributed by atoms with van der Waals surface area (Å²) in [6.07, 6.45) is 2.06. The first kappa shape index (κ1) is 14.1. The van der Waals surface area contributed by atoms with Crippen molar-refractivity contribution in [2.75, 3.05) is 23.7 Å². The van der Waals surface area contributed by atoms with E-state index in [1.807, 2.05) is 6.92 Å². The van der Waals surface area contributed by atoms with Gasteiger partial charge in [0.25, 0.3) is 0 Å². The average Bonchev–Trinajstić information content (AvgIpc) is 2.81. The summed E-state index contributed by atoms with van der Waals surface area (Å²) >= 11 is 0. The molecule has 1 aromatic rings. The molecule has 1 aliphatic heterocycles. The fourth-order valence-electron chi connectivity index (χ4n) is 2.69. The maximum Gasteiger partial charge on any atom is 0.137 e. The fourth-order valence-corrected chi connectivity index (χ4v) is 2.69. The number of anilines is 2. The lowest BCUT2D eigenvalue weighted by Gasteiger charge is -2.27. The van der Waals surface area contributed by atoms with Gasteiger partial charge in [-0.1, -0.05) is 27.7 Å². The van der Waals surface area contributed by atoms with E-state index < -0.39 is 0 Å². The van der Waals surface area contributed by atoms with Crippen LogP contribution in [0.15, 0.2) is 0 Å². The van der Waals surface area contributed by atoms with Gasteiger partial charge in [0.2, 0.25) is 0 Å². The minimum absolute atomic E-state index is 0.356. The SMILES string of the molecule is CCc1nc(N)c(C)c(N2CCC(C(C)(C)C)C2)n1. The van der Waals surface area contributed by atoms with E-state index in [9.17, 15) is 0 Å². The smallest absolute Gasteiger partial charge is 0.137 e. The second-order valence-electron chi connectivity index (χ2n) is 6.62. The molecule has 0 spiro atoms. The number of rotatable bonds is 2. The van der Waals surface area contributed by atoms with Gasteiger partial charge in [-0.15, -0.1) is 0 Å². The van der Waals surface area contributed by atoms with Crippen LogP contribution in [-0.4, -0.2) is 23.1 Å². The van der Waals surface area contributed by atoms with Crippen LogP contribution >= 0.6 is 0 Å². The molecule has 0 saturated carbocycles. The Bertz CT molecular complexity index is 462. The zero-order valence-electron chi connectivity index (χ0n) is 12.8. The Morgan fingerprint density at radius 3 is 2.53 bits per heavy atom. The average molecular weight is 262 g/mol. The zero-order chi connectivity index (χ0) is 14.2. The first-order valence-electron chi connectivity index (χ1n) is 7.20. The van der Waals surface area contributed by atoms with Gasteiger partial charge < -0.3 is 10.6 Å². The molecule has 19 heavy (non-hydrogen) atoms. The van der Waals surface area contributed by atoms with E-state index in [-0.39, 0.29) is 0 Å². The highest BCUT2D eigenvalue weighted by atomic mass is 15.2. The third-order valence-electron chi connectivity index (χ3n) is 4.23. The highest BCUT2D eigenvalue weighted by Crippen LogP contribution is 2.36. The normalized spacial score (nSPS) is 20.1. The summed E-state index contributed by atoms with van der Waals surface area (Å²) in [5.74, 6) is 3.22. The van der Waals surface area contributed by atoms with Crippen molar-refractivity contribution in [1.29, 1.82) is 0 Å². The molecule has 106 valence electrons. The molecular weight excluding hydrogens is 236 g/mol. The third-order valence-corrected chi connectivity index (χ3v) is 4.23. The van der Waals surface area contributed by atoms with Gasteiger partial charge in [0, 0.05) is 25.1 Å². The van der Waals surface area contributed by atoms with Crippen LogP contribution in [0.25, 0.3) is 0 Å². The third kappa shape index (κ3) is 2.82. The molecule has 0 aromatic carbocycles. The summed E-state index contributed by atoms with van der Waals surface area (Å²) in [6, 6.07) is 0. The first-order valence-corrected chi connectivity index (χ1v) is 7.20. The van der Waals surface area contributed by atoms with E-state index in [4.69, 9.17) is 5.73 Å². The van der Waals surface area contributed by atoms with Crippen molar-refractivity contribution < 1.29 is 0 Å². The minimum atomic E-state index is 0.356. The molecule has 0 amide bonds. The Morgan fingerprint density at radius 1 is 1.32 bits per heavy atom. The van der Waals surface area contributed by atoms with Gasteiger partial charge in [0.1, 0.15) is 17.5 Å². The van der Waals surface area contributed by atoms with Gasteiger partial charge in [0.05, 0.1) is 0 Å².